The van der Waals surface area contributed by atoms with Gasteiger partial charge in [0.2, 0.25) is 0 Å². The summed E-state index contributed by atoms with van der Waals surface area (Å²) in [6.45, 7) is 25.9. The fourth-order valence-corrected chi connectivity index (χ4v) is 12.9. The summed E-state index contributed by atoms with van der Waals surface area (Å²) < 4.78 is 105. The fraction of sp³-hybridized carbons (Fsp3) is 0.354. The molecule has 6 heterocycles. The van der Waals surface area contributed by atoms with Crippen molar-refractivity contribution < 1.29 is 89.1 Å². The normalized spacial score (nSPS) is 20.1. The van der Waals surface area contributed by atoms with Crippen LogP contribution in [0.15, 0.2) is 174 Å². The molecule has 2 saturated heterocycles. The number of benzene rings is 3. The van der Waals surface area contributed by atoms with E-state index in [1.807, 2.05) is 119 Å². The number of hydrogen-bond donors (Lipinski definition) is 2. The van der Waals surface area contributed by atoms with E-state index in [0.29, 0.717) is 5.75 Å². The van der Waals surface area contributed by atoms with Crippen molar-refractivity contribution in [2.24, 2.45) is 0 Å². The van der Waals surface area contributed by atoms with Gasteiger partial charge >= 0.3 is 32.3 Å². The largest absolute Gasteiger partial charge is 0.509 e. The third-order valence-corrected chi connectivity index (χ3v) is 21.5. The van der Waals surface area contributed by atoms with Crippen molar-refractivity contribution >= 4 is 74.6 Å². The van der Waals surface area contributed by atoms with Gasteiger partial charge in [-0.3, -0.25) is 33.3 Å². The number of carbonyl (C=O) groups is 4. The molecule has 2 fully saturated rings. The number of ether oxygens (including phenoxy) is 10. The summed E-state index contributed by atoms with van der Waals surface area (Å²) in [5, 5.41) is 4.61. The van der Waals surface area contributed by atoms with Gasteiger partial charge in [0.25, 0.3) is 0 Å². The Morgan fingerprint density at radius 2 is 1.03 bits per heavy atom. The van der Waals surface area contributed by atoms with Crippen molar-refractivity contribution in [3.05, 3.63) is 190 Å². The van der Waals surface area contributed by atoms with Crippen LogP contribution in [0.4, 0.5) is 30.8 Å². The molecular formula is C65H75N10O19PSi. The first-order chi connectivity index (χ1) is 46.2. The molecule has 4 aromatic heterocycles. The van der Waals surface area contributed by atoms with Crippen molar-refractivity contribution in [1.82, 2.24) is 39.0 Å². The zero-order chi connectivity index (χ0) is 68.6. The van der Waals surface area contributed by atoms with Crippen LogP contribution in [0, 0.1) is 0 Å². The van der Waals surface area contributed by atoms with E-state index in [1.54, 1.807) is 7.11 Å². The second-order valence-electron chi connectivity index (χ2n) is 22.8. The Bertz CT molecular complexity index is 3890. The highest BCUT2D eigenvalue weighted by Crippen LogP contribution is 2.56. The van der Waals surface area contributed by atoms with Gasteiger partial charge in [-0.1, -0.05) is 150 Å². The van der Waals surface area contributed by atoms with E-state index in [1.165, 1.54) is 58.5 Å². The number of amides is 2. The SMILES string of the molecule is C=CCOC(=O)Nc1ncnc2c1ncn2[C@@H]1O[C@H](COP(=O)(OCC=C)O[C@@H]2[C@H](O[Si](C)(C)C(C)(C)C)C(COC(c3ccccc3)(c3ccccc3)c3ccc(OC)cc3)O[C@H]2n2cnc3c(NC(=O)OCC=C)ncnc32)[C@@H](OC(=O)OCC=C)[C@H]1OC(=O)OCC=C. The van der Waals surface area contributed by atoms with Gasteiger partial charge in [0, 0.05) is 0 Å². The number of anilines is 2. The van der Waals surface area contributed by atoms with Crippen molar-refractivity contribution in [2.75, 3.05) is 64.0 Å². The maximum Gasteiger partial charge on any atom is 0.509 e. The number of phosphoric ester groups is 1. The number of rotatable bonds is 31. The minimum atomic E-state index is -5.16. The van der Waals surface area contributed by atoms with E-state index >= 15 is 4.57 Å². The lowest BCUT2D eigenvalue weighted by atomic mass is 9.80. The van der Waals surface area contributed by atoms with Gasteiger partial charge < -0.3 is 51.8 Å². The average Bonchev–Trinajstić information content (AvgIpc) is 1.59. The zero-order valence-electron chi connectivity index (χ0n) is 53.7. The van der Waals surface area contributed by atoms with Crippen LogP contribution >= 0.6 is 7.82 Å². The molecular weight excluding hydrogens is 1280 g/mol. The molecule has 2 aliphatic heterocycles. The molecule has 0 spiro atoms. The summed E-state index contributed by atoms with van der Waals surface area (Å²) in [5.74, 6) is 0.476. The molecule has 9 rings (SSSR count). The quantitative estimate of drug-likeness (QED) is 0.0102. The van der Waals surface area contributed by atoms with E-state index in [9.17, 15) is 19.2 Å². The topological polar surface area (TPSA) is 326 Å². The molecule has 2 N–H and O–H groups in total. The van der Waals surface area contributed by atoms with Gasteiger partial charge in [-0.05, 0) is 47.0 Å². The maximum atomic E-state index is 16.2. The predicted molar refractivity (Wildman–Crippen MR) is 350 cm³/mol. The molecule has 31 heteroatoms. The lowest BCUT2D eigenvalue weighted by Gasteiger charge is -2.41. The van der Waals surface area contributed by atoms with Crippen molar-refractivity contribution in [1.29, 1.82) is 0 Å². The summed E-state index contributed by atoms with van der Waals surface area (Å²) in [7, 11) is -6.62. The van der Waals surface area contributed by atoms with Gasteiger partial charge in [-0.15, -0.1) is 6.58 Å². The highest BCUT2D eigenvalue weighted by atomic mass is 31.2. The van der Waals surface area contributed by atoms with Crippen LogP contribution in [-0.2, 0) is 70.8 Å². The lowest BCUT2D eigenvalue weighted by Crippen LogP contribution is -2.51. The molecule has 0 bridgehead atoms. The molecule has 2 unspecified atom stereocenters. The Labute approximate surface area is 554 Å². The maximum absolute atomic E-state index is 16.2. The number of nitrogens with zero attached hydrogens (tertiary/aromatic N) is 8. The van der Waals surface area contributed by atoms with Crippen LogP contribution in [0.25, 0.3) is 22.3 Å². The van der Waals surface area contributed by atoms with Crippen molar-refractivity contribution in [3.8, 4) is 5.75 Å². The third kappa shape index (κ3) is 16.2. The minimum Gasteiger partial charge on any atom is -0.497 e. The van der Waals surface area contributed by atoms with E-state index in [4.69, 9.17) is 65.4 Å². The molecule has 0 aliphatic carbocycles. The van der Waals surface area contributed by atoms with Gasteiger partial charge in [0.15, 0.2) is 66.9 Å². The van der Waals surface area contributed by atoms with Crippen LogP contribution < -0.4 is 15.4 Å². The van der Waals surface area contributed by atoms with Crippen LogP contribution in [0.1, 0.15) is 49.9 Å². The third-order valence-electron chi connectivity index (χ3n) is 15.6. The summed E-state index contributed by atoms with van der Waals surface area (Å²) >= 11 is 0. The fourth-order valence-electron chi connectivity index (χ4n) is 10.2. The number of carbonyl (C=O) groups excluding carboxylic acids is 4. The van der Waals surface area contributed by atoms with Gasteiger partial charge in [-0.25, -0.2) is 53.6 Å². The molecule has 0 radical (unpaired) electrons. The number of nitrogens with one attached hydrogen (secondary N) is 2. The molecule has 508 valence electrons. The van der Waals surface area contributed by atoms with Crippen LogP contribution in [0.5, 0.6) is 5.75 Å². The number of methoxy groups -OCH3 is 1. The first-order valence-electron chi connectivity index (χ1n) is 30.1. The highest BCUT2D eigenvalue weighted by Gasteiger charge is 2.57. The highest BCUT2D eigenvalue weighted by molar-refractivity contribution is 7.48. The molecule has 2 amide bonds. The van der Waals surface area contributed by atoms with Gasteiger partial charge in [0.05, 0.1) is 39.6 Å². The molecule has 0 saturated carbocycles. The van der Waals surface area contributed by atoms with E-state index in [-0.39, 0.29) is 67.0 Å². The Balaban J connectivity index is 1.17. The standard InChI is InChI=1S/C65H75N10O19PSi/c1-12-31-82-60(76)72-54-48-56(68-38-66-54)74(40-70-48)58-52(92-63(79)85-34-15-4)50(91-62(78)84-33-14-3)47(90-58)37-88-95(80,87-35-16-5)93-53-51(94-96(10,11)64(6,7)8)46(89-59(53)75-41-71-49-55(67-39-69-57(49)75)73-61(77)83-32-13-2)36-86-65(42-23-19-17-20-24-42,43-25-21-18-22-26-43)44-27-29-45(81-9)30-28-44/h12-30,38-41,46-47,50-53,58-59H,1-5,31-37H2,6-11H3,(H,66,68,72,76)(H,67,69,73,77)/t46?,47-,50-,51-,52-,53-,58-,59-,95?/m1/s1. The molecule has 2 aliphatic rings. The van der Waals surface area contributed by atoms with Gasteiger partial charge in [0.1, 0.15) is 74.8 Å². The number of hydrogen-bond acceptors (Lipinski definition) is 25. The average molecular weight is 1360 g/mol. The van der Waals surface area contributed by atoms with Crippen LogP contribution in [0.2, 0.25) is 18.1 Å². The summed E-state index contributed by atoms with van der Waals surface area (Å²) in [4.78, 5) is 79.5. The number of fused-ring (bicyclic) bond motifs is 2. The van der Waals surface area contributed by atoms with Crippen molar-refractivity contribution in [2.45, 2.75) is 93.6 Å². The Kier molecular flexibility index (Phi) is 23.5. The Morgan fingerprint density at radius 3 is 1.51 bits per heavy atom. The first kappa shape index (κ1) is 70.8. The molecule has 96 heavy (non-hydrogen) atoms. The van der Waals surface area contributed by atoms with E-state index in [0.717, 1.165) is 23.0 Å². The molecule has 7 aromatic rings. The summed E-state index contributed by atoms with van der Waals surface area (Å²) in [5.41, 5.74) is 1.04. The van der Waals surface area contributed by atoms with Gasteiger partial charge in [-0.2, -0.15) is 0 Å². The lowest BCUT2D eigenvalue weighted by molar-refractivity contribution is -0.0933. The van der Waals surface area contributed by atoms with Crippen molar-refractivity contribution in [3.63, 3.8) is 0 Å². The number of imidazole rings is 2. The Morgan fingerprint density at radius 1 is 0.573 bits per heavy atom. The second kappa shape index (κ2) is 31.8. The Hall–Kier alpha value is -9.49. The minimum absolute atomic E-state index is 0.000128. The molecule has 29 nitrogen and oxygen atoms in total. The number of phosphoric acid groups is 1. The van der Waals surface area contributed by atoms with Crippen LogP contribution in [-0.4, -0.2) is 162 Å². The monoisotopic (exact) mass is 1360 g/mol. The molecule has 3 aromatic carbocycles. The smallest absolute Gasteiger partial charge is 0.497 e. The predicted octanol–water partition coefficient (Wildman–Crippen LogP) is 11.5. The number of aromatic nitrogens is 8. The first-order valence-corrected chi connectivity index (χ1v) is 34.5. The molecule has 9 atom stereocenters. The van der Waals surface area contributed by atoms with E-state index < -0.39 is 114 Å². The summed E-state index contributed by atoms with van der Waals surface area (Å²) in [6.07, 6.45) is -4.64. The van der Waals surface area contributed by atoms with Crippen LogP contribution in [0.3, 0.4) is 0 Å². The second-order valence-corrected chi connectivity index (χ2v) is 29.2. The van der Waals surface area contributed by atoms with E-state index in [2.05, 4.69) is 73.4 Å². The zero-order valence-corrected chi connectivity index (χ0v) is 55.6. The summed E-state index contributed by atoms with van der Waals surface area (Å²) in [6, 6.07) is 26.8.